The molecule has 1 N–H and O–H groups in total. The van der Waals surface area contributed by atoms with Crippen molar-refractivity contribution in [3.05, 3.63) is 33.4 Å². The van der Waals surface area contributed by atoms with Crippen molar-refractivity contribution in [1.82, 2.24) is 10.3 Å². The minimum absolute atomic E-state index is 0.533. The summed E-state index contributed by atoms with van der Waals surface area (Å²) in [6.45, 7) is 2.81. The van der Waals surface area contributed by atoms with Crippen LogP contribution in [-0.2, 0) is 6.54 Å². The smallest absolute Gasteiger partial charge is 0.0742 e. The molecule has 0 saturated heterocycles. The summed E-state index contributed by atoms with van der Waals surface area (Å²) in [5.74, 6) is 0. The van der Waals surface area contributed by atoms with Crippen molar-refractivity contribution in [2.24, 2.45) is 0 Å². The first-order chi connectivity index (χ1) is 8.95. The van der Waals surface area contributed by atoms with Crippen molar-refractivity contribution in [3.63, 3.8) is 0 Å². The number of nitrogens with zero attached hydrogens (tertiary/aromatic N) is 2. The standard InChI is InChI=1S/C14H17Cl2N3/c1-8-13(7-17-2)18-12-6-11(16)10(15)5-9(12)14(8)19(3)4/h5-6,17H,7H2,1-4H3. The van der Waals surface area contributed by atoms with Crippen LogP contribution in [0.2, 0.25) is 10.0 Å². The topological polar surface area (TPSA) is 28.2 Å². The van der Waals surface area contributed by atoms with Gasteiger partial charge in [0, 0.05) is 26.0 Å². The van der Waals surface area contributed by atoms with Gasteiger partial charge in [0.05, 0.1) is 26.9 Å². The van der Waals surface area contributed by atoms with Gasteiger partial charge in [0.2, 0.25) is 0 Å². The number of anilines is 1. The molecule has 0 aliphatic carbocycles. The molecule has 102 valence electrons. The molecule has 1 aromatic heterocycles. The summed E-state index contributed by atoms with van der Waals surface area (Å²) in [5.41, 5.74) is 4.19. The fraction of sp³-hybridized carbons (Fsp3) is 0.357. The Morgan fingerprint density at radius 2 is 1.84 bits per heavy atom. The van der Waals surface area contributed by atoms with Crippen LogP contribution in [0.15, 0.2) is 12.1 Å². The Balaban J connectivity index is 2.83. The number of hydrogen-bond acceptors (Lipinski definition) is 3. The zero-order valence-electron chi connectivity index (χ0n) is 11.5. The van der Waals surface area contributed by atoms with Gasteiger partial charge < -0.3 is 10.2 Å². The lowest BCUT2D eigenvalue weighted by atomic mass is 10.1. The average Bonchev–Trinajstić information content (AvgIpc) is 2.33. The lowest BCUT2D eigenvalue weighted by Crippen LogP contribution is -2.15. The van der Waals surface area contributed by atoms with E-state index in [1.165, 1.54) is 0 Å². The number of aromatic nitrogens is 1. The molecule has 2 rings (SSSR count). The molecule has 0 unspecified atom stereocenters. The highest BCUT2D eigenvalue weighted by Crippen LogP contribution is 2.35. The predicted octanol–water partition coefficient (Wildman–Crippen LogP) is 3.64. The lowest BCUT2D eigenvalue weighted by Gasteiger charge is -2.21. The first kappa shape index (κ1) is 14.4. The molecule has 0 atom stereocenters. The van der Waals surface area contributed by atoms with Gasteiger partial charge in [-0.2, -0.15) is 0 Å². The Morgan fingerprint density at radius 1 is 1.21 bits per heavy atom. The summed E-state index contributed by atoms with van der Waals surface area (Å²) in [6, 6.07) is 3.71. The SMILES string of the molecule is CNCc1nc2cc(Cl)c(Cl)cc2c(N(C)C)c1C. The van der Waals surface area contributed by atoms with Crippen molar-refractivity contribution in [2.75, 3.05) is 26.0 Å². The van der Waals surface area contributed by atoms with E-state index < -0.39 is 0 Å². The molecule has 0 bridgehead atoms. The van der Waals surface area contributed by atoms with Crippen molar-refractivity contribution in [2.45, 2.75) is 13.5 Å². The zero-order valence-corrected chi connectivity index (χ0v) is 13.0. The first-order valence-corrected chi connectivity index (χ1v) is 6.81. The van der Waals surface area contributed by atoms with Gasteiger partial charge in [0.1, 0.15) is 0 Å². The Labute approximate surface area is 123 Å². The number of pyridine rings is 1. The van der Waals surface area contributed by atoms with E-state index in [4.69, 9.17) is 23.2 Å². The van der Waals surface area contributed by atoms with Crippen LogP contribution in [0, 0.1) is 6.92 Å². The molecule has 5 heteroatoms. The summed E-state index contributed by atoms with van der Waals surface area (Å²) < 4.78 is 0. The molecule has 0 spiro atoms. The molecule has 1 heterocycles. The van der Waals surface area contributed by atoms with Crippen LogP contribution in [0.3, 0.4) is 0 Å². The maximum absolute atomic E-state index is 6.13. The number of fused-ring (bicyclic) bond motifs is 1. The largest absolute Gasteiger partial charge is 0.377 e. The van der Waals surface area contributed by atoms with Crippen molar-refractivity contribution in [3.8, 4) is 0 Å². The molecule has 0 saturated carbocycles. The van der Waals surface area contributed by atoms with E-state index >= 15 is 0 Å². The number of hydrogen-bond donors (Lipinski definition) is 1. The molecule has 0 fully saturated rings. The van der Waals surface area contributed by atoms with Crippen molar-refractivity contribution < 1.29 is 0 Å². The van der Waals surface area contributed by atoms with Gasteiger partial charge in [0.15, 0.2) is 0 Å². The summed E-state index contributed by atoms with van der Waals surface area (Å²) in [7, 11) is 5.95. The molecule has 3 nitrogen and oxygen atoms in total. The fourth-order valence-electron chi connectivity index (χ4n) is 2.30. The Morgan fingerprint density at radius 3 is 2.42 bits per heavy atom. The predicted molar refractivity (Wildman–Crippen MR) is 83.6 cm³/mol. The lowest BCUT2D eigenvalue weighted by molar-refractivity contribution is 0.788. The number of halogens is 2. The maximum atomic E-state index is 6.13. The van der Waals surface area contributed by atoms with Gasteiger partial charge in [-0.3, -0.25) is 4.98 Å². The fourth-order valence-corrected chi connectivity index (χ4v) is 2.62. The second-order valence-electron chi connectivity index (χ2n) is 4.74. The van der Waals surface area contributed by atoms with Crippen LogP contribution in [0.5, 0.6) is 0 Å². The van der Waals surface area contributed by atoms with E-state index in [0.717, 1.165) is 34.4 Å². The monoisotopic (exact) mass is 297 g/mol. The van der Waals surface area contributed by atoms with Crippen LogP contribution in [-0.4, -0.2) is 26.1 Å². The van der Waals surface area contributed by atoms with E-state index in [0.29, 0.717) is 10.0 Å². The van der Waals surface area contributed by atoms with Gasteiger partial charge >= 0.3 is 0 Å². The molecule has 0 amide bonds. The van der Waals surface area contributed by atoms with Gasteiger partial charge in [-0.25, -0.2) is 0 Å². The van der Waals surface area contributed by atoms with E-state index in [-0.39, 0.29) is 0 Å². The Kier molecular flexibility index (Phi) is 4.19. The van der Waals surface area contributed by atoms with Gasteiger partial charge in [-0.15, -0.1) is 0 Å². The van der Waals surface area contributed by atoms with E-state index in [1.807, 2.05) is 33.3 Å². The summed E-state index contributed by atoms with van der Waals surface area (Å²) in [4.78, 5) is 6.76. The highest BCUT2D eigenvalue weighted by atomic mass is 35.5. The van der Waals surface area contributed by atoms with Gasteiger partial charge in [-0.05, 0) is 31.7 Å². The highest BCUT2D eigenvalue weighted by Gasteiger charge is 2.14. The third kappa shape index (κ3) is 2.64. The summed E-state index contributed by atoms with van der Waals surface area (Å²) in [6.07, 6.45) is 0. The Bertz CT molecular complexity index is 624. The molecular formula is C14H17Cl2N3. The maximum Gasteiger partial charge on any atom is 0.0742 e. The second kappa shape index (κ2) is 5.53. The number of benzene rings is 1. The van der Waals surface area contributed by atoms with Crippen molar-refractivity contribution >= 4 is 39.8 Å². The normalized spacial score (nSPS) is 11.1. The van der Waals surface area contributed by atoms with E-state index in [2.05, 4.69) is 22.1 Å². The average molecular weight is 298 g/mol. The minimum atomic E-state index is 0.533. The van der Waals surface area contributed by atoms with Crippen LogP contribution >= 0.6 is 23.2 Å². The van der Waals surface area contributed by atoms with Crippen LogP contribution in [0.4, 0.5) is 5.69 Å². The highest BCUT2D eigenvalue weighted by molar-refractivity contribution is 6.42. The number of rotatable bonds is 3. The minimum Gasteiger partial charge on any atom is -0.377 e. The van der Waals surface area contributed by atoms with Crippen molar-refractivity contribution in [1.29, 1.82) is 0 Å². The molecule has 19 heavy (non-hydrogen) atoms. The Hall–Kier alpha value is -1.03. The summed E-state index contributed by atoms with van der Waals surface area (Å²) >= 11 is 12.2. The third-order valence-corrected chi connectivity index (χ3v) is 3.85. The molecule has 0 radical (unpaired) electrons. The van der Waals surface area contributed by atoms with Gasteiger partial charge in [-0.1, -0.05) is 23.2 Å². The summed E-state index contributed by atoms with van der Waals surface area (Å²) in [5, 5.41) is 5.25. The van der Waals surface area contributed by atoms with Crippen LogP contribution < -0.4 is 10.2 Å². The van der Waals surface area contributed by atoms with Crippen LogP contribution in [0.1, 0.15) is 11.3 Å². The molecule has 0 aliphatic heterocycles. The van der Waals surface area contributed by atoms with Gasteiger partial charge in [0.25, 0.3) is 0 Å². The number of nitrogens with one attached hydrogen (secondary N) is 1. The van der Waals surface area contributed by atoms with Crippen LogP contribution in [0.25, 0.3) is 10.9 Å². The second-order valence-corrected chi connectivity index (χ2v) is 5.55. The molecule has 1 aromatic carbocycles. The van der Waals surface area contributed by atoms with E-state index in [9.17, 15) is 0 Å². The quantitative estimate of drug-likeness (QED) is 0.937. The first-order valence-electron chi connectivity index (χ1n) is 6.06. The molecule has 0 aliphatic rings. The van der Waals surface area contributed by atoms with E-state index in [1.54, 1.807) is 0 Å². The molecular weight excluding hydrogens is 281 g/mol. The third-order valence-electron chi connectivity index (χ3n) is 3.13. The molecule has 2 aromatic rings. The zero-order chi connectivity index (χ0) is 14.2.